The van der Waals surface area contributed by atoms with Crippen molar-refractivity contribution in [2.45, 2.75) is 13.5 Å². The first kappa shape index (κ1) is 20.5. The van der Waals surface area contributed by atoms with Crippen LogP contribution in [-0.2, 0) is 18.4 Å². The monoisotopic (exact) mass is 400 g/mol. The minimum atomic E-state index is 0.0287. The van der Waals surface area contributed by atoms with Gasteiger partial charge in [-0.25, -0.2) is 4.99 Å². The lowest BCUT2D eigenvalue weighted by atomic mass is 10.2. The van der Waals surface area contributed by atoms with E-state index in [-0.39, 0.29) is 12.5 Å². The maximum atomic E-state index is 12.7. The normalized spacial score (nSPS) is 14.9. The van der Waals surface area contributed by atoms with Gasteiger partial charge in [-0.15, -0.1) is 0 Å². The predicted molar refractivity (Wildman–Crippen MR) is 111 cm³/mol. The third kappa shape index (κ3) is 4.79. The molecule has 1 fully saturated rings. The number of carbonyl (C=O) groups excluding carboxylic acids is 1. The molecule has 0 atom stereocenters. The quantitative estimate of drug-likeness (QED) is 0.580. The summed E-state index contributed by atoms with van der Waals surface area (Å²) >= 11 is 0. The molecule has 9 heteroatoms. The number of hydrogen-bond acceptors (Lipinski definition) is 5. The number of piperazine rings is 1. The van der Waals surface area contributed by atoms with Gasteiger partial charge < -0.3 is 24.6 Å². The van der Waals surface area contributed by atoms with Crippen LogP contribution in [0.25, 0.3) is 0 Å². The van der Waals surface area contributed by atoms with Crippen LogP contribution >= 0.6 is 0 Å². The van der Waals surface area contributed by atoms with Gasteiger partial charge in [-0.2, -0.15) is 5.10 Å². The van der Waals surface area contributed by atoms with Crippen LogP contribution in [0.1, 0.15) is 12.5 Å². The summed E-state index contributed by atoms with van der Waals surface area (Å²) in [6.07, 6.45) is 3.56. The Morgan fingerprint density at radius 1 is 1.24 bits per heavy atom. The Morgan fingerprint density at radius 2 is 2.03 bits per heavy atom. The zero-order valence-corrected chi connectivity index (χ0v) is 17.4. The third-order valence-corrected chi connectivity index (χ3v) is 4.72. The average molecular weight is 400 g/mol. The predicted octanol–water partition coefficient (Wildman–Crippen LogP) is 1.25. The van der Waals surface area contributed by atoms with Crippen LogP contribution in [0.2, 0.25) is 0 Å². The van der Waals surface area contributed by atoms with Crippen molar-refractivity contribution in [2.24, 2.45) is 12.0 Å². The van der Waals surface area contributed by atoms with E-state index in [9.17, 15) is 4.79 Å². The van der Waals surface area contributed by atoms with E-state index in [1.54, 1.807) is 30.0 Å². The Morgan fingerprint density at radius 3 is 2.66 bits per heavy atom. The molecule has 156 valence electrons. The molecule has 0 spiro atoms. The topological polar surface area (TPSA) is 84.2 Å². The molecule has 1 aromatic carbocycles. The molecule has 0 bridgehead atoms. The summed E-state index contributed by atoms with van der Waals surface area (Å²) in [5.41, 5.74) is 1.82. The fraction of sp³-hybridized carbons (Fsp3) is 0.450. The van der Waals surface area contributed by atoms with Crippen molar-refractivity contribution >= 4 is 17.6 Å². The fourth-order valence-electron chi connectivity index (χ4n) is 3.25. The molecule has 1 N–H and O–H groups in total. The lowest BCUT2D eigenvalue weighted by Crippen LogP contribution is -2.55. The molecule has 2 aromatic rings. The molecule has 0 radical (unpaired) electrons. The van der Waals surface area contributed by atoms with E-state index in [1.165, 1.54) is 0 Å². The number of aliphatic imine (C=N–C) groups is 1. The molecular formula is C20H28N6O3. The average Bonchev–Trinajstić information content (AvgIpc) is 3.16. The number of rotatable bonds is 6. The van der Waals surface area contributed by atoms with E-state index in [0.717, 1.165) is 23.8 Å². The first-order valence-corrected chi connectivity index (χ1v) is 9.58. The van der Waals surface area contributed by atoms with Crippen molar-refractivity contribution in [3.05, 3.63) is 36.2 Å². The Kier molecular flexibility index (Phi) is 6.58. The molecule has 1 aliphatic rings. The molecule has 3 rings (SSSR count). The number of hydrogen-bond donors (Lipinski definition) is 1. The Labute approximate surface area is 170 Å². The maximum absolute atomic E-state index is 12.7. The van der Waals surface area contributed by atoms with Gasteiger partial charge in [-0.1, -0.05) is 6.07 Å². The van der Waals surface area contributed by atoms with Crippen molar-refractivity contribution in [1.29, 1.82) is 0 Å². The van der Waals surface area contributed by atoms with Crippen molar-refractivity contribution in [3.8, 4) is 11.5 Å². The van der Waals surface area contributed by atoms with Gasteiger partial charge in [0.15, 0.2) is 17.5 Å². The largest absolute Gasteiger partial charge is 0.493 e. The summed E-state index contributed by atoms with van der Waals surface area (Å²) in [7, 11) is 5.07. The van der Waals surface area contributed by atoms with Crippen molar-refractivity contribution < 1.29 is 14.3 Å². The van der Waals surface area contributed by atoms with E-state index < -0.39 is 0 Å². The molecule has 0 saturated carbocycles. The Bertz CT molecular complexity index is 879. The maximum Gasteiger partial charge on any atom is 0.246 e. The fourth-order valence-corrected chi connectivity index (χ4v) is 3.25. The lowest BCUT2D eigenvalue weighted by molar-refractivity contribution is -0.120. The highest BCUT2D eigenvalue weighted by Crippen LogP contribution is 2.27. The molecule has 0 aliphatic carbocycles. The second-order valence-corrected chi connectivity index (χ2v) is 6.70. The molecule has 1 amide bonds. The number of aromatic nitrogens is 2. The van der Waals surface area contributed by atoms with Gasteiger partial charge >= 0.3 is 0 Å². The van der Waals surface area contributed by atoms with Gasteiger partial charge in [0, 0.05) is 32.9 Å². The van der Waals surface area contributed by atoms with E-state index in [4.69, 9.17) is 14.5 Å². The van der Waals surface area contributed by atoms with Crippen LogP contribution < -0.4 is 19.7 Å². The summed E-state index contributed by atoms with van der Waals surface area (Å²) in [5, 5.41) is 7.44. The highest BCUT2D eigenvalue weighted by Gasteiger charge is 2.27. The van der Waals surface area contributed by atoms with Crippen LogP contribution in [0, 0.1) is 0 Å². The number of benzene rings is 1. The number of aryl methyl sites for hydroxylation is 1. The van der Waals surface area contributed by atoms with Crippen molar-refractivity contribution in [2.75, 3.05) is 45.3 Å². The number of nitrogens with one attached hydrogen (secondary N) is 1. The van der Waals surface area contributed by atoms with Crippen LogP contribution in [0.3, 0.4) is 0 Å². The van der Waals surface area contributed by atoms with E-state index in [1.807, 2.05) is 43.3 Å². The second kappa shape index (κ2) is 9.31. The second-order valence-electron chi connectivity index (χ2n) is 6.70. The highest BCUT2D eigenvalue weighted by atomic mass is 16.5. The summed E-state index contributed by atoms with van der Waals surface area (Å²) in [4.78, 5) is 21.2. The van der Waals surface area contributed by atoms with Gasteiger partial charge in [-0.3, -0.25) is 9.48 Å². The standard InChI is InChI=1S/C20H28N6O3/c1-5-21-20(22-11-15-6-7-17(28-3)18(10-15)29-4)25-8-9-26(19(27)14-25)16-12-23-24(2)13-16/h6-7,10,12-13H,5,8-9,11,14H2,1-4H3,(H,21,22). The van der Waals surface area contributed by atoms with Crippen LogP contribution in [0.4, 0.5) is 5.69 Å². The van der Waals surface area contributed by atoms with Gasteiger partial charge in [0.1, 0.15) is 6.54 Å². The first-order valence-electron chi connectivity index (χ1n) is 9.58. The summed E-state index contributed by atoms with van der Waals surface area (Å²) < 4.78 is 12.3. The summed E-state index contributed by atoms with van der Waals surface area (Å²) in [6.45, 7) is 4.76. The molecule has 29 heavy (non-hydrogen) atoms. The summed E-state index contributed by atoms with van der Waals surface area (Å²) in [6, 6.07) is 5.74. The van der Waals surface area contributed by atoms with Crippen LogP contribution in [0.5, 0.6) is 11.5 Å². The third-order valence-electron chi connectivity index (χ3n) is 4.72. The zero-order valence-electron chi connectivity index (χ0n) is 17.4. The summed E-state index contributed by atoms with van der Waals surface area (Å²) in [5.74, 6) is 2.11. The lowest BCUT2D eigenvalue weighted by Gasteiger charge is -2.35. The van der Waals surface area contributed by atoms with Crippen LogP contribution in [-0.4, -0.2) is 66.9 Å². The van der Waals surface area contributed by atoms with E-state index in [2.05, 4.69) is 10.4 Å². The number of nitrogens with zero attached hydrogens (tertiary/aromatic N) is 5. The van der Waals surface area contributed by atoms with Crippen molar-refractivity contribution in [3.63, 3.8) is 0 Å². The molecule has 1 aromatic heterocycles. The number of anilines is 1. The van der Waals surface area contributed by atoms with Crippen LogP contribution in [0.15, 0.2) is 35.6 Å². The number of methoxy groups -OCH3 is 2. The number of guanidine groups is 1. The minimum Gasteiger partial charge on any atom is -0.493 e. The van der Waals surface area contributed by atoms with E-state index in [0.29, 0.717) is 31.1 Å². The van der Waals surface area contributed by atoms with Gasteiger partial charge in [0.2, 0.25) is 5.91 Å². The molecule has 1 aliphatic heterocycles. The van der Waals surface area contributed by atoms with Crippen molar-refractivity contribution in [1.82, 2.24) is 20.0 Å². The van der Waals surface area contributed by atoms with Gasteiger partial charge in [-0.05, 0) is 24.6 Å². The smallest absolute Gasteiger partial charge is 0.246 e. The molecule has 9 nitrogen and oxygen atoms in total. The number of amides is 1. The van der Waals surface area contributed by atoms with Gasteiger partial charge in [0.25, 0.3) is 0 Å². The minimum absolute atomic E-state index is 0.0287. The van der Waals surface area contributed by atoms with Gasteiger partial charge in [0.05, 0.1) is 32.6 Å². The number of carbonyl (C=O) groups is 1. The number of ether oxygens (including phenoxy) is 2. The SMILES string of the molecule is CCNC(=NCc1ccc(OC)c(OC)c1)N1CCN(c2cnn(C)c2)C(=O)C1. The Hall–Kier alpha value is -3.23. The molecule has 0 unspecified atom stereocenters. The Balaban J connectivity index is 1.70. The molecular weight excluding hydrogens is 372 g/mol. The zero-order chi connectivity index (χ0) is 20.8. The molecule has 1 saturated heterocycles. The van der Waals surface area contributed by atoms with E-state index >= 15 is 0 Å². The first-order chi connectivity index (χ1) is 14.0. The molecule has 2 heterocycles. The highest BCUT2D eigenvalue weighted by molar-refractivity contribution is 5.98.